The lowest BCUT2D eigenvalue weighted by Crippen LogP contribution is -2.57. The zero-order chi connectivity index (χ0) is 14.3. The highest BCUT2D eigenvalue weighted by atomic mass is 79.9. The van der Waals surface area contributed by atoms with Crippen molar-refractivity contribution < 1.29 is 14.3 Å². The summed E-state index contributed by atoms with van der Waals surface area (Å²) < 4.78 is 5.58. The second kappa shape index (κ2) is 5.05. The number of halogens is 1. The quantitative estimate of drug-likeness (QED) is 0.814. The summed E-state index contributed by atoms with van der Waals surface area (Å²) in [5.74, 6) is 0.302. The number of amides is 2. The van der Waals surface area contributed by atoms with Gasteiger partial charge in [-0.05, 0) is 40.9 Å². The van der Waals surface area contributed by atoms with E-state index in [1.807, 2.05) is 0 Å². The van der Waals surface area contributed by atoms with Crippen molar-refractivity contribution >= 4 is 27.7 Å². The van der Waals surface area contributed by atoms with Gasteiger partial charge in [0.25, 0.3) is 5.91 Å². The average molecular weight is 340 g/mol. The van der Waals surface area contributed by atoms with Gasteiger partial charge < -0.3 is 15.0 Å². The van der Waals surface area contributed by atoms with Crippen LogP contribution in [0.4, 0.5) is 0 Å². The third kappa shape index (κ3) is 2.06. The van der Waals surface area contributed by atoms with Gasteiger partial charge in [0.1, 0.15) is 16.3 Å². The number of carbonyl (C=O) groups excluding carboxylic acids is 2. The third-order valence-electron chi connectivity index (χ3n) is 3.81. The lowest BCUT2D eigenvalue weighted by Gasteiger charge is -2.34. The summed E-state index contributed by atoms with van der Waals surface area (Å²) >= 11 is 3.27. The van der Waals surface area contributed by atoms with Crippen LogP contribution < -0.4 is 10.1 Å². The number of rotatable bonds is 2. The molecule has 106 valence electrons. The van der Waals surface area contributed by atoms with E-state index in [1.54, 1.807) is 24.1 Å². The van der Waals surface area contributed by atoms with E-state index in [-0.39, 0.29) is 23.9 Å². The van der Waals surface area contributed by atoms with E-state index in [9.17, 15) is 9.59 Å². The molecule has 3 heterocycles. The summed E-state index contributed by atoms with van der Waals surface area (Å²) in [5, 5.41) is 2.83. The maximum absolute atomic E-state index is 12.6. The largest absolute Gasteiger partial charge is 0.494 e. The number of nitrogens with one attached hydrogen (secondary N) is 1. The van der Waals surface area contributed by atoms with Crippen molar-refractivity contribution in [2.45, 2.75) is 24.9 Å². The van der Waals surface area contributed by atoms with E-state index >= 15 is 0 Å². The normalized spacial score (nSPS) is 24.5. The highest BCUT2D eigenvalue weighted by Gasteiger charge is 2.44. The Morgan fingerprint density at radius 1 is 1.50 bits per heavy atom. The molecule has 2 saturated heterocycles. The highest BCUT2D eigenvalue weighted by molar-refractivity contribution is 9.10. The van der Waals surface area contributed by atoms with Crippen LogP contribution in [0.1, 0.15) is 23.3 Å². The minimum Gasteiger partial charge on any atom is -0.494 e. The van der Waals surface area contributed by atoms with Gasteiger partial charge in [-0.2, -0.15) is 0 Å². The maximum atomic E-state index is 12.6. The van der Waals surface area contributed by atoms with Gasteiger partial charge in [-0.15, -0.1) is 0 Å². The monoisotopic (exact) mass is 339 g/mol. The highest BCUT2D eigenvalue weighted by Crippen LogP contribution is 2.30. The molecule has 2 bridgehead atoms. The first-order valence-corrected chi connectivity index (χ1v) is 7.22. The Kier molecular flexibility index (Phi) is 3.37. The lowest BCUT2D eigenvalue weighted by molar-refractivity contribution is -0.127. The summed E-state index contributed by atoms with van der Waals surface area (Å²) in [5.41, 5.74) is 0.323. The number of carbonyl (C=O) groups is 2. The van der Waals surface area contributed by atoms with Crippen LogP contribution >= 0.6 is 15.9 Å². The van der Waals surface area contributed by atoms with Gasteiger partial charge in [-0.3, -0.25) is 9.59 Å². The molecule has 0 radical (unpaired) electrons. The number of nitrogens with zero attached hydrogens (tertiary/aromatic N) is 2. The van der Waals surface area contributed by atoms with E-state index in [2.05, 4.69) is 26.2 Å². The van der Waals surface area contributed by atoms with Crippen molar-refractivity contribution in [1.82, 2.24) is 15.2 Å². The molecule has 2 aliphatic heterocycles. The summed E-state index contributed by atoms with van der Waals surface area (Å²) in [7, 11) is 1.54. The Morgan fingerprint density at radius 2 is 2.30 bits per heavy atom. The van der Waals surface area contributed by atoms with E-state index in [1.165, 1.54) is 0 Å². The molecule has 0 aliphatic carbocycles. The first-order valence-electron chi connectivity index (χ1n) is 6.42. The van der Waals surface area contributed by atoms with Crippen LogP contribution in [0, 0.1) is 0 Å². The summed E-state index contributed by atoms with van der Waals surface area (Å²) in [6.07, 6.45) is 1.58. The van der Waals surface area contributed by atoms with Crippen molar-refractivity contribution in [3.63, 3.8) is 0 Å². The SMILES string of the molecule is COc1ccc(C(=O)N2C3CCC2C(=O)NC3)nc1Br. The fourth-order valence-corrected chi connectivity index (χ4v) is 3.29. The van der Waals surface area contributed by atoms with Gasteiger partial charge >= 0.3 is 0 Å². The molecule has 2 atom stereocenters. The zero-order valence-corrected chi connectivity index (χ0v) is 12.5. The Labute approximate surface area is 124 Å². The molecule has 1 aromatic rings. The molecule has 2 amide bonds. The second-order valence-electron chi connectivity index (χ2n) is 4.89. The van der Waals surface area contributed by atoms with Crippen LogP contribution in [0.5, 0.6) is 5.75 Å². The van der Waals surface area contributed by atoms with Crippen molar-refractivity contribution in [2.24, 2.45) is 0 Å². The number of hydrogen-bond acceptors (Lipinski definition) is 4. The Bertz CT molecular complexity index is 578. The van der Waals surface area contributed by atoms with Gasteiger partial charge in [-0.1, -0.05) is 0 Å². The fourth-order valence-electron chi connectivity index (χ4n) is 2.81. The number of fused-ring (bicyclic) bond motifs is 2. The molecular weight excluding hydrogens is 326 g/mol. The predicted octanol–water partition coefficient (Wildman–Crippen LogP) is 0.956. The third-order valence-corrected chi connectivity index (χ3v) is 4.37. The van der Waals surface area contributed by atoms with Crippen LogP contribution in [0.3, 0.4) is 0 Å². The number of ether oxygens (including phenoxy) is 1. The molecule has 20 heavy (non-hydrogen) atoms. The van der Waals surface area contributed by atoms with Crippen LogP contribution in [-0.2, 0) is 4.79 Å². The molecule has 6 nitrogen and oxygen atoms in total. The zero-order valence-electron chi connectivity index (χ0n) is 10.9. The molecule has 1 aromatic heterocycles. The average Bonchev–Trinajstić information content (AvgIpc) is 2.78. The maximum Gasteiger partial charge on any atom is 0.273 e. The van der Waals surface area contributed by atoms with Gasteiger partial charge in [0.05, 0.1) is 13.2 Å². The summed E-state index contributed by atoms with van der Waals surface area (Å²) in [6, 6.07) is 3.03. The molecular formula is C13H14BrN3O3. The molecule has 0 spiro atoms. The molecule has 2 unspecified atom stereocenters. The first kappa shape index (κ1) is 13.4. The molecule has 7 heteroatoms. The molecule has 2 fully saturated rings. The minimum atomic E-state index is -0.357. The van der Waals surface area contributed by atoms with Crippen molar-refractivity contribution in [2.75, 3.05) is 13.7 Å². The van der Waals surface area contributed by atoms with Crippen LogP contribution in [-0.4, -0.2) is 47.4 Å². The number of aromatic nitrogens is 1. The molecule has 1 N–H and O–H groups in total. The van der Waals surface area contributed by atoms with E-state index in [4.69, 9.17) is 4.74 Å². The standard InChI is InChI=1S/C13H14BrN3O3/c1-20-10-5-3-8(16-11(10)14)13(19)17-7-2-4-9(17)12(18)15-6-7/h3,5,7,9H,2,4,6H2,1H3,(H,15,18). The van der Waals surface area contributed by atoms with Crippen molar-refractivity contribution in [1.29, 1.82) is 0 Å². The number of methoxy groups -OCH3 is 1. The number of hydrogen-bond donors (Lipinski definition) is 1. The van der Waals surface area contributed by atoms with Gasteiger partial charge in [-0.25, -0.2) is 4.98 Å². The molecule has 3 rings (SSSR count). The van der Waals surface area contributed by atoms with Crippen LogP contribution in [0.25, 0.3) is 0 Å². The van der Waals surface area contributed by atoms with Gasteiger partial charge in [0.15, 0.2) is 5.75 Å². The summed E-state index contributed by atoms with van der Waals surface area (Å²) in [4.78, 5) is 30.3. The van der Waals surface area contributed by atoms with Gasteiger partial charge in [0.2, 0.25) is 5.91 Å². The molecule has 0 saturated carbocycles. The minimum absolute atomic E-state index is 0.0697. The smallest absolute Gasteiger partial charge is 0.273 e. The Balaban J connectivity index is 1.89. The Morgan fingerprint density at radius 3 is 3.00 bits per heavy atom. The van der Waals surface area contributed by atoms with Crippen LogP contribution in [0.2, 0.25) is 0 Å². The Hall–Kier alpha value is -1.63. The van der Waals surface area contributed by atoms with Crippen LogP contribution in [0.15, 0.2) is 16.7 Å². The number of pyridine rings is 1. The first-order chi connectivity index (χ1) is 9.61. The van der Waals surface area contributed by atoms with Gasteiger partial charge in [0, 0.05) is 6.54 Å². The van der Waals surface area contributed by atoms with Crippen molar-refractivity contribution in [3.05, 3.63) is 22.4 Å². The summed E-state index contributed by atoms with van der Waals surface area (Å²) in [6.45, 7) is 0.526. The van der Waals surface area contributed by atoms with E-state index in [0.29, 0.717) is 22.6 Å². The predicted molar refractivity (Wildman–Crippen MR) is 74.5 cm³/mol. The molecule has 2 aliphatic rings. The number of piperazine rings is 1. The topological polar surface area (TPSA) is 71.5 Å². The fraction of sp³-hybridized carbons (Fsp3) is 0.462. The van der Waals surface area contributed by atoms with E-state index in [0.717, 1.165) is 12.8 Å². The lowest BCUT2D eigenvalue weighted by atomic mass is 10.2. The van der Waals surface area contributed by atoms with Crippen molar-refractivity contribution in [3.8, 4) is 5.75 Å². The second-order valence-corrected chi connectivity index (χ2v) is 5.65. The molecule has 0 aromatic carbocycles. The van der Waals surface area contributed by atoms with E-state index < -0.39 is 0 Å².